The van der Waals surface area contributed by atoms with Crippen molar-refractivity contribution in [2.24, 2.45) is 0 Å². The molecule has 136 valence electrons. The molecule has 5 heteroatoms. The van der Waals surface area contributed by atoms with E-state index in [9.17, 15) is 0 Å². The van der Waals surface area contributed by atoms with Crippen molar-refractivity contribution in [2.45, 2.75) is 51.9 Å². The molecule has 0 radical (unpaired) electrons. The summed E-state index contributed by atoms with van der Waals surface area (Å²) in [5, 5.41) is 2.53. The van der Waals surface area contributed by atoms with Gasteiger partial charge in [-0.1, -0.05) is 88.4 Å². The Bertz CT molecular complexity index is 543. The first kappa shape index (κ1) is 20.3. The zero-order chi connectivity index (χ0) is 18.1. The Morgan fingerprint density at radius 2 is 0.920 bits per heavy atom. The van der Waals surface area contributed by atoms with Crippen LogP contribution in [0.4, 0.5) is 0 Å². The third-order valence-electron chi connectivity index (χ3n) is 4.79. The standard InChI is InChI=1S/C20H32O2Si3/c1-5-23(6-2)21-25(22-24(7-3)8-4,19-15-11-9-12-16-19)20-17-13-10-14-18-20/h9-18,23-24H,5-8H2,1-4H3. The smallest absolute Gasteiger partial charge is 0.386 e. The molecule has 25 heavy (non-hydrogen) atoms. The Kier molecular flexibility index (Phi) is 8.32. The fourth-order valence-electron chi connectivity index (χ4n) is 3.16. The van der Waals surface area contributed by atoms with Crippen molar-refractivity contribution < 1.29 is 8.23 Å². The van der Waals surface area contributed by atoms with Crippen LogP contribution in [0.3, 0.4) is 0 Å². The largest absolute Gasteiger partial charge is 0.432 e. The molecule has 0 saturated carbocycles. The van der Waals surface area contributed by atoms with Crippen molar-refractivity contribution in [1.29, 1.82) is 0 Å². The van der Waals surface area contributed by atoms with Crippen LogP contribution in [0.15, 0.2) is 60.7 Å². The molecular weight excluding hydrogens is 356 g/mol. The lowest BCUT2D eigenvalue weighted by atomic mass is 10.4. The predicted molar refractivity (Wildman–Crippen MR) is 116 cm³/mol. The molecule has 0 N–H and O–H groups in total. The lowest BCUT2D eigenvalue weighted by Crippen LogP contribution is -2.67. The first-order valence-corrected chi connectivity index (χ1v) is 15.7. The fourth-order valence-corrected chi connectivity index (χ4v) is 15.2. The summed E-state index contributed by atoms with van der Waals surface area (Å²) >= 11 is 0. The third-order valence-corrected chi connectivity index (χ3v) is 15.9. The van der Waals surface area contributed by atoms with Crippen molar-refractivity contribution in [2.75, 3.05) is 0 Å². The zero-order valence-electron chi connectivity index (χ0n) is 16.1. The summed E-state index contributed by atoms with van der Waals surface area (Å²) in [5.41, 5.74) is 0. The van der Waals surface area contributed by atoms with Gasteiger partial charge in [0.15, 0.2) is 18.1 Å². The van der Waals surface area contributed by atoms with Gasteiger partial charge in [-0.2, -0.15) is 0 Å². The Morgan fingerprint density at radius 1 is 0.600 bits per heavy atom. The molecule has 2 aromatic carbocycles. The third kappa shape index (κ3) is 5.01. The molecule has 0 fully saturated rings. The molecule has 0 aliphatic carbocycles. The van der Waals surface area contributed by atoms with E-state index in [1.807, 2.05) is 0 Å². The Morgan fingerprint density at radius 3 is 1.20 bits per heavy atom. The van der Waals surface area contributed by atoms with Gasteiger partial charge in [0.2, 0.25) is 0 Å². The van der Waals surface area contributed by atoms with Gasteiger partial charge in [-0.05, 0) is 34.5 Å². The fraction of sp³-hybridized carbons (Fsp3) is 0.400. The van der Waals surface area contributed by atoms with Gasteiger partial charge in [0.05, 0.1) is 0 Å². The van der Waals surface area contributed by atoms with Crippen LogP contribution < -0.4 is 10.4 Å². The minimum absolute atomic E-state index is 1.15. The summed E-state index contributed by atoms with van der Waals surface area (Å²) in [5.74, 6) is 0. The number of hydrogen-bond acceptors (Lipinski definition) is 2. The lowest BCUT2D eigenvalue weighted by Gasteiger charge is -2.37. The molecule has 0 atom stereocenters. The normalized spacial score (nSPS) is 12.1. The van der Waals surface area contributed by atoms with E-state index in [1.165, 1.54) is 10.4 Å². The second-order valence-corrected chi connectivity index (χ2v) is 16.5. The highest BCUT2D eigenvalue weighted by Gasteiger charge is 2.45. The highest BCUT2D eigenvalue weighted by molar-refractivity contribution is 6.99. The molecule has 0 aromatic heterocycles. The van der Waals surface area contributed by atoms with E-state index in [1.54, 1.807) is 0 Å². The van der Waals surface area contributed by atoms with Crippen molar-refractivity contribution in [3.05, 3.63) is 60.7 Å². The maximum atomic E-state index is 7.03. The highest BCUT2D eigenvalue weighted by Crippen LogP contribution is 2.18. The van der Waals surface area contributed by atoms with Gasteiger partial charge in [-0.3, -0.25) is 0 Å². The summed E-state index contributed by atoms with van der Waals surface area (Å²) in [6.07, 6.45) is 0. The predicted octanol–water partition coefficient (Wildman–Crippen LogP) is 3.80. The van der Waals surface area contributed by atoms with E-state index in [0.717, 1.165) is 24.2 Å². The zero-order valence-corrected chi connectivity index (χ0v) is 19.4. The molecule has 0 aliphatic heterocycles. The lowest BCUT2D eigenvalue weighted by molar-refractivity contribution is 0.423. The molecule has 0 saturated heterocycles. The first-order valence-electron chi connectivity index (χ1n) is 9.66. The average Bonchev–Trinajstić information content (AvgIpc) is 2.70. The summed E-state index contributed by atoms with van der Waals surface area (Å²) in [6.45, 7) is 9.07. The van der Waals surface area contributed by atoms with Gasteiger partial charge in [0, 0.05) is 0 Å². The van der Waals surface area contributed by atoms with Crippen LogP contribution in [0.1, 0.15) is 27.7 Å². The summed E-state index contributed by atoms with van der Waals surface area (Å²) in [4.78, 5) is 0. The first-order chi connectivity index (χ1) is 12.2. The Balaban J connectivity index is 2.59. The second kappa shape index (κ2) is 10.2. The van der Waals surface area contributed by atoms with Crippen LogP contribution in [0.2, 0.25) is 24.2 Å². The van der Waals surface area contributed by atoms with Crippen molar-refractivity contribution >= 4 is 37.0 Å². The van der Waals surface area contributed by atoms with Crippen LogP contribution in [0.5, 0.6) is 0 Å². The maximum Gasteiger partial charge on any atom is 0.386 e. The van der Waals surface area contributed by atoms with Crippen molar-refractivity contribution in [3.8, 4) is 0 Å². The van der Waals surface area contributed by atoms with E-state index >= 15 is 0 Å². The monoisotopic (exact) mass is 388 g/mol. The molecule has 0 spiro atoms. The van der Waals surface area contributed by atoms with Gasteiger partial charge >= 0.3 is 8.56 Å². The second-order valence-electron chi connectivity index (χ2n) is 6.46. The minimum atomic E-state index is -2.63. The molecule has 0 heterocycles. The Labute approximate surface area is 157 Å². The number of rotatable bonds is 10. The minimum Gasteiger partial charge on any atom is -0.432 e. The average molecular weight is 389 g/mol. The molecule has 0 amide bonds. The molecule has 2 rings (SSSR count). The topological polar surface area (TPSA) is 18.5 Å². The molecule has 0 unspecified atom stereocenters. The highest BCUT2D eigenvalue weighted by atomic mass is 28.5. The van der Waals surface area contributed by atoms with E-state index in [4.69, 9.17) is 8.23 Å². The quantitative estimate of drug-likeness (QED) is 0.576. The molecular formula is C20H32O2Si3. The van der Waals surface area contributed by atoms with Crippen molar-refractivity contribution in [1.82, 2.24) is 0 Å². The van der Waals surface area contributed by atoms with E-state index in [0.29, 0.717) is 0 Å². The van der Waals surface area contributed by atoms with E-state index < -0.39 is 26.6 Å². The Hall–Kier alpha value is -0.989. The molecule has 2 nitrogen and oxygen atoms in total. The molecule has 0 aliphatic rings. The van der Waals surface area contributed by atoms with Gasteiger partial charge < -0.3 is 8.23 Å². The van der Waals surface area contributed by atoms with Gasteiger partial charge in [0.25, 0.3) is 0 Å². The van der Waals surface area contributed by atoms with Crippen LogP contribution in [0, 0.1) is 0 Å². The number of hydrogen-bond donors (Lipinski definition) is 0. The SMILES string of the molecule is CC[SiH](CC)O[Si](O[SiH](CC)CC)(c1ccccc1)c1ccccc1. The van der Waals surface area contributed by atoms with Crippen LogP contribution in [0.25, 0.3) is 0 Å². The maximum absolute atomic E-state index is 7.03. The van der Waals surface area contributed by atoms with Gasteiger partial charge in [0.1, 0.15) is 0 Å². The van der Waals surface area contributed by atoms with Gasteiger partial charge in [-0.15, -0.1) is 0 Å². The number of benzene rings is 2. The van der Waals surface area contributed by atoms with Crippen LogP contribution in [-0.2, 0) is 8.23 Å². The van der Waals surface area contributed by atoms with Crippen LogP contribution >= 0.6 is 0 Å². The summed E-state index contributed by atoms with van der Waals surface area (Å²) in [7, 11) is -5.19. The van der Waals surface area contributed by atoms with Crippen molar-refractivity contribution in [3.63, 3.8) is 0 Å². The molecule has 2 aromatic rings. The van der Waals surface area contributed by atoms with Crippen LogP contribution in [-0.4, -0.2) is 26.6 Å². The van der Waals surface area contributed by atoms with E-state index in [-0.39, 0.29) is 0 Å². The molecule has 0 bridgehead atoms. The van der Waals surface area contributed by atoms with E-state index in [2.05, 4.69) is 88.4 Å². The van der Waals surface area contributed by atoms with Gasteiger partial charge in [-0.25, -0.2) is 0 Å². The summed E-state index contributed by atoms with van der Waals surface area (Å²) < 4.78 is 14.1. The summed E-state index contributed by atoms with van der Waals surface area (Å²) in [6, 6.07) is 26.1.